The second-order valence-corrected chi connectivity index (χ2v) is 5.43. The van der Waals surface area contributed by atoms with Gasteiger partial charge in [-0.25, -0.2) is 14.2 Å². The van der Waals surface area contributed by atoms with Gasteiger partial charge in [-0.2, -0.15) is 0 Å². The van der Waals surface area contributed by atoms with Crippen LogP contribution in [0.5, 0.6) is 0 Å². The Morgan fingerprint density at radius 1 is 1.14 bits per heavy atom. The molecule has 1 atom stereocenters. The zero-order valence-corrected chi connectivity index (χ0v) is 12.3. The topological polar surface area (TPSA) is 51.2 Å². The minimum atomic E-state index is -0.704. The minimum Gasteiger partial charge on any atom is -0.458 e. The first-order valence-corrected chi connectivity index (χ1v) is 6.98. The van der Waals surface area contributed by atoms with E-state index in [-0.39, 0.29) is 5.56 Å². The van der Waals surface area contributed by atoms with Crippen LogP contribution in [0.25, 0.3) is 11.0 Å². The second kappa shape index (κ2) is 5.55. The van der Waals surface area contributed by atoms with E-state index in [0.717, 1.165) is 15.9 Å². The Morgan fingerprint density at radius 3 is 2.62 bits per heavy atom. The lowest BCUT2D eigenvalue weighted by molar-refractivity contribution is 0.459. The van der Waals surface area contributed by atoms with Gasteiger partial charge in [-0.1, -0.05) is 18.2 Å². The fourth-order valence-electron chi connectivity index (χ4n) is 2.25. The van der Waals surface area contributed by atoms with Gasteiger partial charge in [-0.3, -0.25) is 5.84 Å². The first-order valence-electron chi connectivity index (χ1n) is 6.19. The van der Waals surface area contributed by atoms with Crippen molar-refractivity contribution >= 4 is 26.9 Å². The molecule has 1 aromatic heterocycles. The van der Waals surface area contributed by atoms with E-state index in [9.17, 15) is 8.78 Å². The molecule has 1 heterocycles. The highest BCUT2D eigenvalue weighted by atomic mass is 79.9. The third kappa shape index (κ3) is 2.57. The van der Waals surface area contributed by atoms with E-state index in [0.29, 0.717) is 11.3 Å². The van der Waals surface area contributed by atoms with Crippen LogP contribution in [-0.4, -0.2) is 0 Å². The minimum absolute atomic E-state index is 0.217. The summed E-state index contributed by atoms with van der Waals surface area (Å²) in [6, 6.07) is 10.0. The molecule has 0 bridgehead atoms. The van der Waals surface area contributed by atoms with E-state index in [2.05, 4.69) is 21.4 Å². The predicted octanol–water partition coefficient (Wildman–Crippen LogP) is 4.03. The van der Waals surface area contributed by atoms with Crippen LogP contribution in [0.1, 0.15) is 17.4 Å². The fourth-order valence-corrected chi connectivity index (χ4v) is 2.71. The summed E-state index contributed by atoms with van der Waals surface area (Å²) in [5.74, 6) is 4.65. The van der Waals surface area contributed by atoms with Gasteiger partial charge in [0.05, 0.1) is 4.47 Å². The molecule has 3 nitrogen and oxygen atoms in total. The van der Waals surface area contributed by atoms with Crippen LogP contribution in [0, 0.1) is 11.6 Å². The number of hydrogen-bond acceptors (Lipinski definition) is 3. The van der Waals surface area contributed by atoms with Gasteiger partial charge in [0.15, 0.2) is 0 Å². The molecular formula is C15H11BrF2N2O. The Bertz CT molecular complexity index is 803. The van der Waals surface area contributed by atoms with Gasteiger partial charge in [0.1, 0.15) is 29.0 Å². The van der Waals surface area contributed by atoms with E-state index in [1.54, 1.807) is 6.07 Å². The number of rotatable bonds is 3. The number of fused-ring (bicyclic) bond motifs is 1. The number of furan rings is 1. The number of halogens is 3. The third-order valence-corrected chi connectivity index (χ3v) is 3.86. The lowest BCUT2D eigenvalue weighted by Crippen LogP contribution is -2.29. The maximum atomic E-state index is 13.9. The average molecular weight is 353 g/mol. The summed E-state index contributed by atoms with van der Waals surface area (Å²) in [6.45, 7) is 0. The van der Waals surface area contributed by atoms with Crippen molar-refractivity contribution in [2.24, 2.45) is 5.84 Å². The summed E-state index contributed by atoms with van der Waals surface area (Å²) in [7, 11) is 0. The summed E-state index contributed by atoms with van der Waals surface area (Å²) < 4.78 is 33.5. The second-order valence-electron chi connectivity index (χ2n) is 4.57. The quantitative estimate of drug-likeness (QED) is 0.552. The van der Waals surface area contributed by atoms with E-state index in [1.165, 1.54) is 12.1 Å². The normalized spacial score (nSPS) is 12.8. The predicted molar refractivity (Wildman–Crippen MR) is 79.4 cm³/mol. The molecule has 0 saturated carbocycles. The average Bonchev–Trinajstić information content (AvgIpc) is 2.87. The first-order chi connectivity index (χ1) is 10.1. The molecule has 0 saturated heterocycles. The van der Waals surface area contributed by atoms with Crippen LogP contribution in [0.3, 0.4) is 0 Å². The Balaban J connectivity index is 2.11. The number of nitrogens with two attached hydrogens (primary N) is 1. The SMILES string of the molecule is NNC(c1cc2cccc(Br)c2o1)c1ccc(F)cc1F. The highest BCUT2D eigenvalue weighted by Gasteiger charge is 2.21. The van der Waals surface area contributed by atoms with Crippen molar-refractivity contribution in [1.29, 1.82) is 0 Å². The summed E-state index contributed by atoms with van der Waals surface area (Å²) >= 11 is 3.39. The summed E-state index contributed by atoms with van der Waals surface area (Å²) in [5, 5.41) is 0.863. The van der Waals surface area contributed by atoms with Crippen molar-refractivity contribution in [2.45, 2.75) is 6.04 Å². The van der Waals surface area contributed by atoms with Crippen molar-refractivity contribution in [2.75, 3.05) is 0 Å². The molecule has 0 aliphatic carbocycles. The van der Waals surface area contributed by atoms with Gasteiger partial charge in [0.2, 0.25) is 0 Å². The van der Waals surface area contributed by atoms with Crippen LogP contribution in [0.15, 0.2) is 51.4 Å². The van der Waals surface area contributed by atoms with E-state index < -0.39 is 17.7 Å². The van der Waals surface area contributed by atoms with Gasteiger partial charge in [-0.15, -0.1) is 0 Å². The van der Waals surface area contributed by atoms with Gasteiger partial charge in [-0.05, 0) is 34.1 Å². The number of para-hydroxylation sites is 1. The van der Waals surface area contributed by atoms with E-state index in [4.69, 9.17) is 10.3 Å². The molecule has 0 aliphatic rings. The van der Waals surface area contributed by atoms with Crippen LogP contribution >= 0.6 is 15.9 Å². The monoisotopic (exact) mass is 352 g/mol. The lowest BCUT2D eigenvalue weighted by Gasteiger charge is -2.14. The van der Waals surface area contributed by atoms with Gasteiger partial charge >= 0.3 is 0 Å². The van der Waals surface area contributed by atoms with Crippen LogP contribution in [0.2, 0.25) is 0 Å². The molecule has 0 radical (unpaired) electrons. The molecular weight excluding hydrogens is 342 g/mol. The molecule has 21 heavy (non-hydrogen) atoms. The number of nitrogens with one attached hydrogen (secondary N) is 1. The molecule has 3 rings (SSSR count). The summed E-state index contributed by atoms with van der Waals surface area (Å²) in [5.41, 5.74) is 3.37. The van der Waals surface area contributed by atoms with Gasteiger partial charge in [0, 0.05) is 17.0 Å². The van der Waals surface area contributed by atoms with Crippen LogP contribution in [0.4, 0.5) is 8.78 Å². The standard InChI is InChI=1S/C15H11BrF2N2O/c16-11-3-1-2-8-6-13(21-15(8)11)14(20-19)10-5-4-9(17)7-12(10)18/h1-7,14,20H,19H2. The van der Waals surface area contributed by atoms with Crippen molar-refractivity contribution in [3.05, 3.63) is 69.9 Å². The Hall–Kier alpha value is -1.76. The largest absolute Gasteiger partial charge is 0.458 e. The Kier molecular flexibility index (Phi) is 3.75. The molecule has 3 aromatic rings. The molecule has 0 aliphatic heterocycles. The zero-order valence-electron chi connectivity index (χ0n) is 10.7. The van der Waals surface area contributed by atoms with Gasteiger partial charge < -0.3 is 4.42 Å². The van der Waals surface area contributed by atoms with Crippen molar-refractivity contribution in [1.82, 2.24) is 5.43 Å². The molecule has 0 amide bonds. The summed E-state index contributed by atoms with van der Waals surface area (Å²) in [4.78, 5) is 0. The Morgan fingerprint density at radius 2 is 1.95 bits per heavy atom. The third-order valence-electron chi connectivity index (χ3n) is 3.24. The van der Waals surface area contributed by atoms with Crippen LogP contribution in [-0.2, 0) is 0 Å². The van der Waals surface area contributed by atoms with Crippen molar-refractivity contribution < 1.29 is 13.2 Å². The maximum Gasteiger partial charge on any atom is 0.148 e. The van der Waals surface area contributed by atoms with Crippen LogP contribution < -0.4 is 11.3 Å². The molecule has 0 fully saturated rings. The zero-order chi connectivity index (χ0) is 15.0. The number of hydrogen-bond donors (Lipinski definition) is 2. The first kappa shape index (κ1) is 14.2. The van der Waals surface area contributed by atoms with Gasteiger partial charge in [0.25, 0.3) is 0 Å². The highest BCUT2D eigenvalue weighted by molar-refractivity contribution is 9.10. The molecule has 3 N–H and O–H groups in total. The smallest absolute Gasteiger partial charge is 0.148 e. The molecule has 0 spiro atoms. The van der Waals surface area contributed by atoms with E-state index >= 15 is 0 Å². The highest BCUT2D eigenvalue weighted by Crippen LogP contribution is 2.32. The lowest BCUT2D eigenvalue weighted by atomic mass is 10.0. The molecule has 2 aromatic carbocycles. The number of benzene rings is 2. The Labute approximate surface area is 127 Å². The van der Waals surface area contributed by atoms with E-state index in [1.807, 2.05) is 18.2 Å². The molecule has 1 unspecified atom stereocenters. The number of hydrazine groups is 1. The fraction of sp³-hybridized carbons (Fsp3) is 0.0667. The van der Waals surface area contributed by atoms with Crippen molar-refractivity contribution in [3.8, 4) is 0 Å². The molecule has 108 valence electrons. The van der Waals surface area contributed by atoms with Crippen molar-refractivity contribution in [3.63, 3.8) is 0 Å². The maximum absolute atomic E-state index is 13.9. The molecule has 6 heteroatoms. The summed E-state index contributed by atoms with van der Waals surface area (Å²) in [6.07, 6.45) is 0.